The lowest BCUT2D eigenvalue weighted by atomic mass is 10.3. The van der Waals surface area contributed by atoms with Crippen molar-refractivity contribution in [3.63, 3.8) is 0 Å². The fourth-order valence-corrected chi connectivity index (χ4v) is 1.91. The van der Waals surface area contributed by atoms with Crippen LogP contribution < -0.4 is 0 Å². The van der Waals surface area contributed by atoms with Crippen molar-refractivity contribution in [2.75, 3.05) is 6.61 Å². The molecule has 3 nitrogen and oxygen atoms in total. The molecular weight excluding hydrogens is 212 g/mol. The van der Waals surface area contributed by atoms with E-state index >= 15 is 0 Å². The van der Waals surface area contributed by atoms with Gasteiger partial charge >= 0.3 is 0 Å². The maximum atomic E-state index is 9.12. The summed E-state index contributed by atoms with van der Waals surface area (Å²) in [6.45, 7) is 2.88. The third-order valence-electron chi connectivity index (χ3n) is 2.73. The SMILES string of the molecule is CCC/C=C/c1nc2ccccc2n1CCO. The minimum absolute atomic E-state index is 0.134. The Kier molecular flexibility index (Phi) is 3.94. The van der Waals surface area contributed by atoms with E-state index in [1.807, 2.05) is 30.3 Å². The van der Waals surface area contributed by atoms with Crippen LogP contribution in [0.4, 0.5) is 0 Å². The first-order chi connectivity index (χ1) is 8.36. The summed E-state index contributed by atoms with van der Waals surface area (Å²) in [7, 11) is 0. The molecule has 3 heteroatoms. The number of nitrogens with zero attached hydrogens (tertiary/aromatic N) is 2. The lowest BCUT2D eigenvalue weighted by Crippen LogP contribution is -2.03. The third-order valence-corrected chi connectivity index (χ3v) is 2.73. The number of unbranched alkanes of at least 4 members (excludes halogenated alkanes) is 1. The molecule has 1 N–H and O–H groups in total. The zero-order valence-corrected chi connectivity index (χ0v) is 10.1. The average Bonchev–Trinajstić information content (AvgIpc) is 2.69. The molecule has 1 heterocycles. The highest BCUT2D eigenvalue weighted by Crippen LogP contribution is 2.17. The molecule has 0 aliphatic carbocycles. The number of aliphatic hydroxyl groups excluding tert-OH is 1. The van der Waals surface area contributed by atoms with Crippen LogP contribution in [0.25, 0.3) is 17.1 Å². The van der Waals surface area contributed by atoms with Gasteiger partial charge in [0.25, 0.3) is 0 Å². The van der Waals surface area contributed by atoms with E-state index in [-0.39, 0.29) is 6.61 Å². The Morgan fingerprint density at radius 3 is 2.94 bits per heavy atom. The van der Waals surface area contributed by atoms with E-state index in [9.17, 15) is 0 Å². The van der Waals surface area contributed by atoms with Crippen LogP contribution in [0.1, 0.15) is 25.6 Å². The highest BCUT2D eigenvalue weighted by molar-refractivity contribution is 5.77. The van der Waals surface area contributed by atoms with E-state index in [1.54, 1.807) is 0 Å². The monoisotopic (exact) mass is 230 g/mol. The van der Waals surface area contributed by atoms with Gasteiger partial charge in [-0.15, -0.1) is 0 Å². The Morgan fingerprint density at radius 2 is 2.18 bits per heavy atom. The summed E-state index contributed by atoms with van der Waals surface area (Å²) in [5.74, 6) is 0.925. The lowest BCUT2D eigenvalue weighted by Gasteiger charge is -2.03. The van der Waals surface area contributed by atoms with Gasteiger partial charge in [0.2, 0.25) is 0 Å². The van der Waals surface area contributed by atoms with Gasteiger partial charge in [-0.25, -0.2) is 4.98 Å². The Labute approximate surface area is 101 Å². The molecule has 0 bridgehead atoms. The minimum Gasteiger partial charge on any atom is -0.395 e. The average molecular weight is 230 g/mol. The second kappa shape index (κ2) is 5.64. The number of benzene rings is 1. The quantitative estimate of drug-likeness (QED) is 0.857. The number of para-hydroxylation sites is 2. The number of hydrogen-bond acceptors (Lipinski definition) is 2. The summed E-state index contributed by atoms with van der Waals surface area (Å²) in [5, 5.41) is 9.12. The molecule has 90 valence electrons. The van der Waals surface area contributed by atoms with E-state index in [4.69, 9.17) is 5.11 Å². The van der Waals surface area contributed by atoms with Crippen molar-refractivity contribution in [2.24, 2.45) is 0 Å². The summed E-state index contributed by atoms with van der Waals surface area (Å²) >= 11 is 0. The van der Waals surface area contributed by atoms with Gasteiger partial charge in [0.15, 0.2) is 0 Å². The fraction of sp³-hybridized carbons (Fsp3) is 0.357. The van der Waals surface area contributed by atoms with Gasteiger partial charge in [0, 0.05) is 6.54 Å². The highest BCUT2D eigenvalue weighted by Gasteiger charge is 2.06. The number of aliphatic hydroxyl groups is 1. The molecule has 0 atom stereocenters. The molecule has 0 saturated carbocycles. The topological polar surface area (TPSA) is 38.0 Å². The number of rotatable bonds is 5. The number of allylic oxidation sites excluding steroid dienone is 1. The molecule has 0 aliphatic rings. The second-order valence-corrected chi connectivity index (χ2v) is 4.03. The zero-order valence-electron chi connectivity index (χ0n) is 10.1. The smallest absolute Gasteiger partial charge is 0.133 e. The van der Waals surface area contributed by atoms with E-state index in [1.165, 1.54) is 0 Å². The minimum atomic E-state index is 0.134. The molecule has 0 aliphatic heterocycles. The molecule has 2 rings (SSSR count). The summed E-state index contributed by atoms with van der Waals surface area (Å²) in [5.41, 5.74) is 2.06. The van der Waals surface area contributed by atoms with Gasteiger partial charge in [-0.3, -0.25) is 0 Å². The lowest BCUT2D eigenvalue weighted by molar-refractivity contribution is 0.277. The van der Waals surface area contributed by atoms with Crippen molar-refractivity contribution < 1.29 is 5.11 Å². The number of hydrogen-bond donors (Lipinski definition) is 1. The molecule has 1 aromatic carbocycles. The number of aromatic nitrogens is 2. The molecule has 17 heavy (non-hydrogen) atoms. The predicted molar refractivity (Wildman–Crippen MR) is 70.8 cm³/mol. The van der Waals surface area contributed by atoms with Crippen molar-refractivity contribution in [3.8, 4) is 0 Å². The third kappa shape index (κ3) is 2.56. The van der Waals surface area contributed by atoms with Crippen LogP contribution >= 0.6 is 0 Å². The van der Waals surface area contributed by atoms with Gasteiger partial charge in [0.1, 0.15) is 5.82 Å². The van der Waals surface area contributed by atoms with Gasteiger partial charge in [-0.05, 0) is 24.6 Å². The van der Waals surface area contributed by atoms with Crippen molar-refractivity contribution in [3.05, 3.63) is 36.2 Å². The van der Waals surface area contributed by atoms with Gasteiger partial charge < -0.3 is 9.67 Å². The maximum Gasteiger partial charge on any atom is 0.133 e. The molecule has 0 spiro atoms. The molecule has 2 aromatic rings. The van der Waals surface area contributed by atoms with E-state index in [0.29, 0.717) is 6.54 Å². The summed E-state index contributed by atoms with van der Waals surface area (Å²) in [4.78, 5) is 4.57. The van der Waals surface area contributed by atoms with Crippen molar-refractivity contribution >= 4 is 17.1 Å². The standard InChI is InChI=1S/C14H18N2O/c1-2-3-4-9-14-15-12-7-5-6-8-13(12)16(14)10-11-17/h4-9,17H,2-3,10-11H2,1H3/b9-4+. The van der Waals surface area contributed by atoms with Crippen molar-refractivity contribution in [2.45, 2.75) is 26.3 Å². The summed E-state index contributed by atoms with van der Waals surface area (Å²) in [6.07, 6.45) is 6.37. The largest absolute Gasteiger partial charge is 0.395 e. The first kappa shape index (κ1) is 11.9. The molecule has 0 amide bonds. The highest BCUT2D eigenvalue weighted by atomic mass is 16.3. The van der Waals surface area contributed by atoms with Crippen LogP contribution in [-0.2, 0) is 6.54 Å². The first-order valence-corrected chi connectivity index (χ1v) is 6.09. The molecule has 0 fully saturated rings. The van der Waals surface area contributed by atoms with Gasteiger partial charge in [-0.2, -0.15) is 0 Å². The molecule has 0 radical (unpaired) electrons. The zero-order chi connectivity index (χ0) is 12.1. The molecule has 0 saturated heterocycles. The normalized spacial score (nSPS) is 11.6. The molecule has 1 aromatic heterocycles. The van der Waals surface area contributed by atoms with Crippen LogP contribution in [0.5, 0.6) is 0 Å². The van der Waals surface area contributed by atoms with Gasteiger partial charge in [-0.1, -0.05) is 31.6 Å². The van der Waals surface area contributed by atoms with Crippen LogP contribution in [0.3, 0.4) is 0 Å². The molecule has 0 unspecified atom stereocenters. The number of imidazole rings is 1. The Hall–Kier alpha value is -1.61. The predicted octanol–water partition coefficient (Wildman–Crippen LogP) is 2.84. The maximum absolute atomic E-state index is 9.12. The van der Waals surface area contributed by atoms with Gasteiger partial charge in [0.05, 0.1) is 17.6 Å². The van der Waals surface area contributed by atoms with Crippen LogP contribution in [0.15, 0.2) is 30.3 Å². The summed E-state index contributed by atoms with van der Waals surface area (Å²) in [6, 6.07) is 8.02. The van der Waals surface area contributed by atoms with E-state index < -0.39 is 0 Å². The van der Waals surface area contributed by atoms with Crippen LogP contribution in [0.2, 0.25) is 0 Å². The Morgan fingerprint density at radius 1 is 1.35 bits per heavy atom. The van der Waals surface area contributed by atoms with E-state index in [0.717, 1.165) is 29.7 Å². The summed E-state index contributed by atoms with van der Waals surface area (Å²) < 4.78 is 2.06. The molecular formula is C14H18N2O. The van der Waals surface area contributed by atoms with Crippen molar-refractivity contribution in [1.29, 1.82) is 0 Å². The van der Waals surface area contributed by atoms with Crippen molar-refractivity contribution in [1.82, 2.24) is 9.55 Å². The number of fused-ring (bicyclic) bond motifs is 1. The van der Waals surface area contributed by atoms with E-state index in [2.05, 4.69) is 22.6 Å². The van der Waals surface area contributed by atoms with Crippen LogP contribution in [0, 0.1) is 0 Å². The second-order valence-electron chi connectivity index (χ2n) is 4.03. The Balaban J connectivity index is 2.42. The Bertz CT molecular complexity index is 514. The fourth-order valence-electron chi connectivity index (χ4n) is 1.91. The van der Waals surface area contributed by atoms with Crippen LogP contribution in [-0.4, -0.2) is 21.3 Å². The first-order valence-electron chi connectivity index (χ1n) is 6.09.